The fourth-order valence-corrected chi connectivity index (χ4v) is 12.7. The van der Waals surface area contributed by atoms with E-state index in [0.29, 0.717) is 0 Å². The van der Waals surface area contributed by atoms with E-state index in [2.05, 4.69) is 291 Å². The summed E-state index contributed by atoms with van der Waals surface area (Å²) >= 11 is 0. The quantitative estimate of drug-likeness (QED) is 0.150. The van der Waals surface area contributed by atoms with Crippen LogP contribution in [0.3, 0.4) is 0 Å². The first-order valence-electron chi connectivity index (χ1n) is 25.2. The normalized spacial score (nSPS) is 15.0. The molecule has 1 unspecified atom stereocenters. The molecule has 0 radical (unpaired) electrons. The Morgan fingerprint density at radius 2 is 0.694 bits per heavy atom. The maximum atomic E-state index is 2.56. The van der Waals surface area contributed by atoms with Crippen LogP contribution in [0.15, 0.2) is 267 Å². The summed E-state index contributed by atoms with van der Waals surface area (Å²) in [6.45, 7) is 4.76. The van der Waals surface area contributed by atoms with Crippen LogP contribution in [-0.4, -0.2) is 0 Å². The first-order valence-corrected chi connectivity index (χ1v) is 25.2. The third-order valence-corrected chi connectivity index (χ3v) is 15.9. The van der Waals surface area contributed by atoms with E-state index in [1.165, 1.54) is 89.0 Å². The predicted molar refractivity (Wildman–Crippen MR) is 301 cm³/mol. The molecule has 3 aliphatic rings. The van der Waals surface area contributed by atoms with Crippen molar-refractivity contribution in [2.75, 3.05) is 9.80 Å². The summed E-state index contributed by atoms with van der Waals surface area (Å²) in [6.07, 6.45) is 0. The molecular formula is C70H50N2. The van der Waals surface area contributed by atoms with Gasteiger partial charge in [0.2, 0.25) is 0 Å². The highest BCUT2D eigenvalue weighted by Gasteiger charge is 2.53. The molecule has 11 aromatic rings. The van der Waals surface area contributed by atoms with Gasteiger partial charge in [-0.15, -0.1) is 0 Å². The van der Waals surface area contributed by atoms with Crippen LogP contribution >= 0.6 is 0 Å². The second-order valence-corrected chi connectivity index (χ2v) is 20.0. The maximum absolute atomic E-state index is 2.56. The van der Waals surface area contributed by atoms with Gasteiger partial charge in [-0.25, -0.2) is 0 Å². The highest BCUT2D eigenvalue weighted by molar-refractivity contribution is 6.03. The molecule has 11 aromatic carbocycles. The van der Waals surface area contributed by atoms with Crippen LogP contribution in [0.2, 0.25) is 0 Å². The number of benzene rings is 11. The molecule has 1 spiro atoms. The van der Waals surface area contributed by atoms with Crippen molar-refractivity contribution in [3.63, 3.8) is 0 Å². The van der Waals surface area contributed by atoms with E-state index in [1.807, 2.05) is 0 Å². The third-order valence-electron chi connectivity index (χ3n) is 15.9. The smallest absolute Gasteiger partial charge is 0.0727 e. The molecule has 0 N–H and O–H groups in total. The van der Waals surface area contributed by atoms with Gasteiger partial charge in [0.05, 0.1) is 16.8 Å². The van der Waals surface area contributed by atoms with Crippen molar-refractivity contribution >= 4 is 34.1 Å². The largest absolute Gasteiger partial charge is 0.310 e. The number of nitrogens with zero attached hydrogens (tertiary/aromatic N) is 2. The summed E-state index contributed by atoms with van der Waals surface area (Å²) in [6, 6.07) is 99.1. The van der Waals surface area contributed by atoms with Gasteiger partial charge in [-0.2, -0.15) is 0 Å². The van der Waals surface area contributed by atoms with E-state index in [-0.39, 0.29) is 5.41 Å². The van der Waals surface area contributed by atoms with Crippen LogP contribution in [0.1, 0.15) is 47.2 Å². The molecule has 0 heterocycles. The molecule has 14 rings (SSSR count). The first-order chi connectivity index (χ1) is 35.5. The molecule has 0 saturated carbocycles. The molecule has 0 aromatic heterocycles. The molecular weight excluding hydrogens is 869 g/mol. The van der Waals surface area contributed by atoms with E-state index in [9.17, 15) is 0 Å². The zero-order valence-electron chi connectivity index (χ0n) is 40.3. The average Bonchev–Trinajstić information content (AvgIpc) is 4.01. The lowest BCUT2D eigenvalue weighted by Crippen LogP contribution is -2.26. The van der Waals surface area contributed by atoms with Gasteiger partial charge in [0.15, 0.2) is 0 Å². The van der Waals surface area contributed by atoms with Gasteiger partial charge in [-0.3, -0.25) is 0 Å². The van der Waals surface area contributed by atoms with E-state index in [0.717, 1.165) is 34.1 Å². The van der Waals surface area contributed by atoms with Crippen molar-refractivity contribution in [1.82, 2.24) is 0 Å². The Labute approximate surface area is 422 Å². The zero-order valence-corrected chi connectivity index (χ0v) is 40.3. The Hall–Kier alpha value is -8.98. The third kappa shape index (κ3) is 6.15. The van der Waals surface area contributed by atoms with Crippen LogP contribution < -0.4 is 9.80 Å². The minimum Gasteiger partial charge on any atom is -0.310 e. The van der Waals surface area contributed by atoms with Crippen LogP contribution in [0, 0.1) is 0 Å². The minimum absolute atomic E-state index is 0.173. The summed E-state index contributed by atoms with van der Waals surface area (Å²) < 4.78 is 0. The standard InChI is InChI=1S/C70H50N2/c1-69(2)60-34-16-12-31-55(60)57-42-41-53(45-64(57)69)72(66-38-19-15-30-54(66)48-24-8-4-9-25-48)67-39-21-37-63-68(67)59-33-14-18-36-62(59)70(63)61-35-17-13-32-56(61)58-43-40-52(46-65(58)70)71(50-27-10-5-11-28-50)51-29-20-26-49(44-51)47-22-6-3-7-23-47/h3-46H,1-2H3. The summed E-state index contributed by atoms with van der Waals surface area (Å²) in [7, 11) is 0. The van der Waals surface area contributed by atoms with E-state index >= 15 is 0 Å². The SMILES string of the molecule is CC1(C)c2ccccc2-c2ccc(N(c3ccccc3-c3ccccc3)c3cccc4c3-c3ccccc3C43c4ccccc4-c4ccc(N(c5ccccc5)c5cccc(-c6ccccc6)c5)cc43)cc21. The molecule has 0 fully saturated rings. The van der Waals surface area contributed by atoms with Gasteiger partial charge < -0.3 is 9.80 Å². The highest BCUT2D eigenvalue weighted by atomic mass is 15.2. The number of rotatable bonds is 8. The monoisotopic (exact) mass is 918 g/mol. The van der Waals surface area contributed by atoms with Crippen molar-refractivity contribution in [2.24, 2.45) is 0 Å². The summed E-state index contributed by atoms with van der Waals surface area (Å²) in [4.78, 5) is 4.99. The summed E-state index contributed by atoms with van der Waals surface area (Å²) in [5.41, 5.74) is 26.3. The summed E-state index contributed by atoms with van der Waals surface area (Å²) in [5, 5.41) is 0. The van der Waals surface area contributed by atoms with Crippen molar-refractivity contribution in [1.29, 1.82) is 0 Å². The number of hydrogen-bond donors (Lipinski definition) is 0. The Morgan fingerprint density at radius 1 is 0.250 bits per heavy atom. The van der Waals surface area contributed by atoms with Gasteiger partial charge in [-0.1, -0.05) is 220 Å². The molecule has 3 aliphatic carbocycles. The van der Waals surface area contributed by atoms with E-state index in [1.54, 1.807) is 0 Å². The van der Waals surface area contributed by atoms with Gasteiger partial charge in [-0.05, 0) is 139 Å². The zero-order chi connectivity index (χ0) is 48.0. The molecule has 0 amide bonds. The fourth-order valence-electron chi connectivity index (χ4n) is 12.7. The Bertz CT molecular complexity index is 3910. The van der Waals surface area contributed by atoms with Crippen molar-refractivity contribution in [3.05, 3.63) is 300 Å². The summed E-state index contributed by atoms with van der Waals surface area (Å²) in [5.74, 6) is 0. The highest BCUT2D eigenvalue weighted by Crippen LogP contribution is 2.65. The van der Waals surface area contributed by atoms with Crippen LogP contribution in [-0.2, 0) is 10.8 Å². The molecule has 2 nitrogen and oxygen atoms in total. The van der Waals surface area contributed by atoms with Crippen molar-refractivity contribution in [2.45, 2.75) is 24.7 Å². The van der Waals surface area contributed by atoms with E-state index in [4.69, 9.17) is 0 Å². The number of para-hydroxylation sites is 2. The van der Waals surface area contributed by atoms with Crippen LogP contribution in [0.25, 0.3) is 55.6 Å². The van der Waals surface area contributed by atoms with Crippen LogP contribution in [0.5, 0.6) is 0 Å². The van der Waals surface area contributed by atoms with Gasteiger partial charge in [0.1, 0.15) is 0 Å². The maximum Gasteiger partial charge on any atom is 0.0727 e. The first kappa shape index (κ1) is 41.9. The predicted octanol–water partition coefficient (Wildman–Crippen LogP) is 18.6. The van der Waals surface area contributed by atoms with E-state index < -0.39 is 5.41 Å². The Morgan fingerprint density at radius 3 is 1.42 bits per heavy atom. The van der Waals surface area contributed by atoms with Crippen molar-refractivity contribution < 1.29 is 0 Å². The second kappa shape index (κ2) is 16.3. The second-order valence-electron chi connectivity index (χ2n) is 20.0. The molecule has 340 valence electrons. The van der Waals surface area contributed by atoms with Gasteiger partial charge in [0, 0.05) is 39.3 Å². The fraction of sp³-hybridized carbons (Fsp3) is 0.0571. The lowest BCUT2D eigenvalue weighted by molar-refractivity contribution is 0.660. The number of hydrogen-bond acceptors (Lipinski definition) is 2. The Balaban J connectivity index is 1.02. The van der Waals surface area contributed by atoms with Gasteiger partial charge in [0.25, 0.3) is 0 Å². The molecule has 1 atom stereocenters. The molecule has 72 heavy (non-hydrogen) atoms. The molecule has 0 aliphatic heterocycles. The number of fused-ring (bicyclic) bond motifs is 13. The van der Waals surface area contributed by atoms with Crippen molar-refractivity contribution in [3.8, 4) is 55.6 Å². The lowest BCUT2D eigenvalue weighted by atomic mass is 9.70. The topological polar surface area (TPSA) is 6.48 Å². The molecule has 0 bridgehead atoms. The number of anilines is 6. The average molecular weight is 919 g/mol. The Kier molecular flexibility index (Phi) is 9.50. The van der Waals surface area contributed by atoms with Crippen LogP contribution in [0.4, 0.5) is 34.1 Å². The lowest BCUT2D eigenvalue weighted by Gasteiger charge is -2.33. The molecule has 2 heteroatoms. The minimum atomic E-state index is -0.607. The van der Waals surface area contributed by atoms with Gasteiger partial charge >= 0.3 is 0 Å². The molecule has 0 saturated heterocycles.